The maximum Gasteiger partial charge on any atom is 0.290 e. The summed E-state index contributed by atoms with van der Waals surface area (Å²) < 4.78 is 0. The van der Waals surface area contributed by atoms with Gasteiger partial charge in [0.05, 0.1) is 5.54 Å². The van der Waals surface area contributed by atoms with Gasteiger partial charge >= 0.3 is 0 Å². The lowest BCUT2D eigenvalue weighted by Crippen LogP contribution is -2.49. The molecule has 0 spiro atoms. The minimum atomic E-state index is -0.182. The highest BCUT2D eigenvalue weighted by Crippen LogP contribution is 2.33. The fourth-order valence-corrected chi connectivity index (χ4v) is 2.70. The number of rotatable bonds is 3. The van der Waals surface area contributed by atoms with Gasteiger partial charge in [0.1, 0.15) is 0 Å². The van der Waals surface area contributed by atoms with E-state index in [0.717, 1.165) is 19.3 Å². The van der Waals surface area contributed by atoms with E-state index in [1.165, 1.54) is 12.6 Å². The lowest BCUT2D eigenvalue weighted by molar-refractivity contribution is 0.263. The third-order valence-corrected chi connectivity index (χ3v) is 3.57. The largest absolute Gasteiger partial charge is 0.359 e. The molecule has 1 aliphatic rings. The van der Waals surface area contributed by atoms with Crippen LogP contribution < -0.4 is 16.6 Å². The summed E-state index contributed by atoms with van der Waals surface area (Å²) in [5.41, 5.74) is 5.55. The van der Waals surface area contributed by atoms with Gasteiger partial charge in [-0.1, -0.05) is 19.8 Å². The van der Waals surface area contributed by atoms with Gasteiger partial charge in [0.2, 0.25) is 0 Å². The van der Waals surface area contributed by atoms with Gasteiger partial charge < -0.3 is 16.0 Å². The lowest BCUT2D eigenvalue weighted by Gasteiger charge is -2.40. The zero-order chi connectivity index (χ0) is 12.3. The number of hydrogen-bond donors (Lipinski definition) is 3. The molecular weight excluding hydrogens is 216 g/mol. The van der Waals surface area contributed by atoms with E-state index in [4.69, 9.17) is 5.73 Å². The van der Waals surface area contributed by atoms with Gasteiger partial charge in [0.25, 0.3) is 5.56 Å². The van der Waals surface area contributed by atoms with Crippen molar-refractivity contribution in [3.63, 3.8) is 0 Å². The van der Waals surface area contributed by atoms with E-state index in [2.05, 4.69) is 22.2 Å². The Hall–Kier alpha value is -1.36. The molecule has 0 aliphatic heterocycles. The Morgan fingerprint density at radius 1 is 1.71 bits per heavy atom. The second kappa shape index (κ2) is 4.87. The predicted octanol–water partition coefficient (Wildman–Crippen LogP) is 1.09. The number of hydrogen-bond acceptors (Lipinski definition) is 4. The molecule has 1 saturated carbocycles. The van der Waals surface area contributed by atoms with Crippen LogP contribution in [0.4, 0.5) is 5.82 Å². The van der Waals surface area contributed by atoms with E-state index in [9.17, 15) is 4.79 Å². The summed E-state index contributed by atoms with van der Waals surface area (Å²) in [6, 6.07) is 0. The van der Waals surface area contributed by atoms with Gasteiger partial charge in [-0.15, -0.1) is 0 Å². The first-order chi connectivity index (χ1) is 8.15. The Labute approximate surface area is 101 Å². The van der Waals surface area contributed by atoms with Gasteiger partial charge in [-0.05, 0) is 18.8 Å². The molecule has 1 aliphatic carbocycles. The van der Waals surface area contributed by atoms with Crippen LogP contribution in [-0.4, -0.2) is 22.1 Å². The van der Waals surface area contributed by atoms with Crippen molar-refractivity contribution in [1.29, 1.82) is 0 Å². The zero-order valence-corrected chi connectivity index (χ0v) is 10.2. The molecule has 4 N–H and O–H groups in total. The molecule has 1 heterocycles. The van der Waals surface area contributed by atoms with Crippen molar-refractivity contribution in [2.24, 2.45) is 11.7 Å². The van der Waals surface area contributed by atoms with Crippen molar-refractivity contribution in [3.8, 4) is 0 Å². The Bertz CT molecular complexity index is 431. The normalized spacial score (nSPS) is 28.9. The molecule has 2 unspecified atom stereocenters. The third kappa shape index (κ3) is 2.66. The molecule has 2 atom stereocenters. The lowest BCUT2D eigenvalue weighted by atomic mass is 9.76. The highest BCUT2D eigenvalue weighted by Gasteiger charge is 2.34. The van der Waals surface area contributed by atoms with Crippen LogP contribution in [0.25, 0.3) is 0 Å². The molecule has 0 aromatic carbocycles. The first-order valence-electron chi connectivity index (χ1n) is 6.17. The fraction of sp³-hybridized carbons (Fsp3) is 0.667. The monoisotopic (exact) mass is 236 g/mol. The van der Waals surface area contributed by atoms with E-state index in [-0.39, 0.29) is 11.1 Å². The summed E-state index contributed by atoms with van der Waals surface area (Å²) in [5, 5.41) is 3.26. The predicted molar refractivity (Wildman–Crippen MR) is 67.9 cm³/mol. The summed E-state index contributed by atoms with van der Waals surface area (Å²) in [5.74, 6) is 1.02. The SMILES string of the molecule is CC1CCCC(CN)(Nc2ncc[nH]c2=O)C1. The van der Waals surface area contributed by atoms with E-state index in [0.29, 0.717) is 18.3 Å². The first kappa shape index (κ1) is 12.1. The number of nitrogens with zero attached hydrogens (tertiary/aromatic N) is 1. The summed E-state index contributed by atoms with van der Waals surface area (Å²) >= 11 is 0. The van der Waals surface area contributed by atoms with E-state index < -0.39 is 0 Å². The number of anilines is 1. The van der Waals surface area contributed by atoms with Crippen molar-refractivity contribution in [3.05, 3.63) is 22.7 Å². The van der Waals surface area contributed by atoms with Crippen LogP contribution in [0.3, 0.4) is 0 Å². The molecule has 1 aromatic rings. The second-order valence-corrected chi connectivity index (χ2v) is 5.08. The molecule has 0 amide bonds. The Morgan fingerprint density at radius 2 is 2.53 bits per heavy atom. The molecular formula is C12H20N4O. The Morgan fingerprint density at radius 3 is 3.18 bits per heavy atom. The molecule has 94 valence electrons. The van der Waals surface area contributed by atoms with Crippen LogP contribution >= 0.6 is 0 Å². The quantitative estimate of drug-likeness (QED) is 0.733. The van der Waals surface area contributed by atoms with Gasteiger partial charge in [-0.25, -0.2) is 4.98 Å². The van der Waals surface area contributed by atoms with Gasteiger partial charge in [0.15, 0.2) is 5.82 Å². The summed E-state index contributed by atoms with van der Waals surface area (Å²) in [4.78, 5) is 18.3. The standard InChI is InChI=1S/C12H20N4O/c1-9-3-2-4-12(7-9,8-13)16-10-11(17)15-6-5-14-10/h5-6,9H,2-4,7-8,13H2,1H3,(H,14,16)(H,15,17). The number of H-pyrrole nitrogens is 1. The third-order valence-electron chi connectivity index (χ3n) is 3.57. The van der Waals surface area contributed by atoms with Crippen LogP contribution in [0.5, 0.6) is 0 Å². The fourth-order valence-electron chi connectivity index (χ4n) is 2.70. The molecule has 17 heavy (non-hydrogen) atoms. The van der Waals surface area contributed by atoms with Crippen LogP contribution in [-0.2, 0) is 0 Å². The van der Waals surface area contributed by atoms with Gasteiger partial charge in [-0.2, -0.15) is 0 Å². The van der Waals surface area contributed by atoms with E-state index in [1.54, 1.807) is 6.20 Å². The van der Waals surface area contributed by atoms with Gasteiger partial charge in [-0.3, -0.25) is 4.79 Å². The molecule has 1 fully saturated rings. The van der Waals surface area contributed by atoms with E-state index in [1.807, 2.05) is 0 Å². The minimum absolute atomic E-state index is 0.168. The summed E-state index contributed by atoms with van der Waals surface area (Å²) in [6.07, 6.45) is 7.51. The van der Waals surface area contributed by atoms with Gasteiger partial charge in [0, 0.05) is 18.9 Å². The number of aromatic nitrogens is 2. The number of nitrogens with one attached hydrogen (secondary N) is 2. The van der Waals surface area contributed by atoms with Crippen molar-refractivity contribution < 1.29 is 0 Å². The maximum atomic E-state index is 11.6. The molecule has 2 rings (SSSR count). The molecule has 0 radical (unpaired) electrons. The Balaban J connectivity index is 2.20. The molecule has 5 nitrogen and oxygen atoms in total. The molecule has 1 aromatic heterocycles. The van der Waals surface area contributed by atoms with Crippen LogP contribution in [0, 0.1) is 5.92 Å². The number of nitrogens with two attached hydrogens (primary N) is 1. The van der Waals surface area contributed by atoms with Crippen LogP contribution in [0.1, 0.15) is 32.6 Å². The van der Waals surface area contributed by atoms with Crippen molar-refractivity contribution >= 4 is 5.82 Å². The minimum Gasteiger partial charge on any atom is -0.359 e. The summed E-state index contributed by atoms with van der Waals surface area (Å²) in [7, 11) is 0. The zero-order valence-electron chi connectivity index (χ0n) is 10.2. The summed E-state index contributed by atoms with van der Waals surface area (Å²) in [6.45, 7) is 2.77. The van der Waals surface area contributed by atoms with Crippen molar-refractivity contribution in [1.82, 2.24) is 9.97 Å². The first-order valence-corrected chi connectivity index (χ1v) is 6.17. The highest BCUT2D eigenvalue weighted by atomic mass is 16.1. The smallest absolute Gasteiger partial charge is 0.290 e. The molecule has 0 bridgehead atoms. The number of aromatic amines is 1. The topological polar surface area (TPSA) is 83.8 Å². The van der Waals surface area contributed by atoms with Crippen LogP contribution in [0.2, 0.25) is 0 Å². The molecule has 0 saturated heterocycles. The average molecular weight is 236 g/mol. The van der Waals surface area contributed by atoms with Crippen molar-refractivity contribution in [2.45, 2.75) is 38.1 Å². The van der Waals surface area contributed by atoms with Crippen LogP contribution in [0.15, 0.2) is 17.2 Å². The Kier molecular flexibility index (Phi) is 3.47. The van der Waals surface area contributed by atoms with Crippen molar-refractivity contribution in [2.75, 3.05) is 11.9 Å². The maximum absolute atomic E-state index is 11.6. The second-order valence-electron chi connectivity index (χ2n) is 5.08. The highest BCUT2D eigenvalue weighted by molar-refractivity contribution is 5.35. The molecule has 5 heteroatoms. The average Bonchev–Trinajstić information content (AvgIpc) is 2.32. The van der Waals surface area contributed by atoms with E-state index >= 15 is 0 Å².